The highest BCUT2D eigenvalue weighted by Gasteiger charge is 2.40. The van der Waals surface area contributed by atoms with Crippen LogP contribution in [0.3, 0.4) is 0 Å². The number of alkyl carbamates (subject to hydrolysis) is 2. The first-order valence-electron chi connectivity index (χ1n) is 32.3. The molecule has 6 aliphatic heterocycles. The first-order chi connectivity index (χ1) is 44.2. The quantitative estimate of drug-likeness (QED) is 0.0658. The highest BCUT2D eigenvalue weighted by Crippen LogP contribution is 2.29. The number of nitrogens with one attached hydrogen (secondary N) is 3. The largest absolute Gasteiger partial charge is 0.479 e. The van der Waals surface area contributed by atoms with Crippen LogP contribution in [0.15, 0.2) is 54.6 Å². The molecule has 6 saturated heterocycles. The molecule has 0 saturated carbocycles. The molecule has 0 bridgehead atoms. The van der Waals surface area contributed by atoms with E-state index in [1.165, 1.54) is 0 Å². The molecule has 6 fully saturated rings. The lowest BCUT2D eigenvalue weighted by Crippen LogP contribution is -2.45. The van der Waals surface area contributed by atoms with Gasteiger partial charge < -0.3 is 60.3 Å². The van der Waals surface area contributed by atoms with Crippen LogP contribution in [0.25, 0.3) is 0 Å². The number of alkyl halides is 2. The molecule has 0 radical (unpaired) electrons. The van der Waals surface area contributed by atoms with Gasteiger partial charge in [-0.05, 0) is 214 Å². The molecule has 3 aromatic carbocycles. The van der Waals surface area contributed by atoms with E-state index in [4.69, 9.17) is 92.5 Å². The summed E-state index contributed by atoms with van der Waals surface area (Å²) in [6, 6.07) is 15.9. The summed E-state index contributed by atoms with van der Waals surface area (Å²) in [6.45, 7) is 16.0. The standard InChI is InChI=1S/C24H33ClN2O5.C19H25ClN2O3.C19H27ClN2O3.C5H8O3.CH2Cl2/c1-24(2,3)32-23(30)26-15-17-8-10-18(25)14-16(17)9-11-20(28)19-6-4-12-27(19)22(29)21-7-5-13-31-21;20-15-7-5-14(12-21)13(11-15)6-8-17(23)16-3-1-9-22(16)19(24)18-4-2-10-25-18;1-19(2,3)25-18(24)22-12-14-6-8-15(20)11-13(14)7-9-17(23)16-5-4-10-21-16;6-5(7)4-2-1-3-8-4;2-1-3/h8,10,14,19,21H,4-7,9,11-13,15H2,1-3H3,(H,26,30);5,7,11,16,18H,1-4,6,8-10,12,21H2;6,8,11,16,21H,4-5,7,9-10,12H2,1-3H3,(H,22,24);4H,1-3H2,(H,6,7);1H2/t19-,21+;16-,18+;16-;4-;/m0001./s1. The van der Waals surface area contributed by atoms with Gasteiger partial charge in [0, 0.05) is 86.9 Å². The average molecular weight is 1400 g/mol. The van der Waals surface area contributed by atoms with E-state index in [1.54, 1.807) is 21.9 Å². The number of ether oxygens (including phenoxy) is 5. The van der Waals surface area contributed by atoms with Gasteiger partial charge >= 0.3 is 18.2 Å². The first kappa shape index (κ1) is 78.6. The number of amides is 4. The molecule has 20 nitrogen and oxygen atoms in total. The number of nitrogens with zero attached hydrogens (tertiary/aromatic N) is 2. The van der Waals surface area contributed by atoms with Crippen LogP contribution in [0.1, 0.15) is 171 Å². The number of benzene rings is 3. The summed E-state index contributed by atoms with van der Waals surface area (Å²) in [7, 11) is 0. The number of carboxylic acids is 1. The van der Waals surface area contributed by atoms with Crippen LogP contribution in [-0.4, -0.2) is 155 Å². The van der Waals surface area contributed by atoms with Crippen molar-refractivity contribution in [3.63, 3.8) is 0 Å². The smallest absolute Gasteiger partial charge is 0.407 e. The van der Waals surface area contributed by atoms with E-state index < -0.39 is 41.6 Å². The van der Waals surface area contributed by atoms with E-state index in [0.717, 1.165) is 104 Å². The number of Topliss-reactive ketones (excluding diaryl/α,β-unsaturated/α-hetero) is 3. The lowest BCUT2D eigenvalue weighted by molar-refractivity contribution is -0.147. The number of hydrogen-bond acceptors (Lipinski definition) is 15. The molecule has 3 aromatic rings. The molecule has 516 valence electrons. The van der Waals surface area contributed by atoms with Crippen molar-refractivity contribution in [3.8, 4) is 0 Å². The number of carbonyl (C=O) groups excluding carboxylic acids is 7. The lowest BCUT2D eigenvalue weighted by Gasteiger charge is -2.26. The van der Waals surface area contributed by atoms with Gasteiger partial charge in [-0.25, -0.2) is 14.4 Å². The Morgan fingerprint density at radius 1 is 0.538 bits per heavy atom. The number of carbonyl (C=O) groups is 8. The molecule has 0 aromatic heterocycles. The van der Waals surface area contributed by atoms with Gasteiger partial charge in [-0.1, -0.05) is 53.0 Å². The van der Waals surface area contributed by atoms with Crippen LogP contribution in [-0.2, 0) is 91.3 Å². The predicted octanol–water partition coefficient (Wildman–Crippen LogP) is 11.8. The third-order valence-corrected chi connectivity index (χ3v) is 16.9. The van der Waals surface area contributed by atoms with E-state index >= 15 is 0 Å². The van der Waals surface area contributed by atoms with Crippen molar-refractivity contribution in [2.24, 2.45) is 5.73 Å². The molecule has 6 aliphatic rings. The fourth-order valence-electron chi connectivity index (χ4n) is 11.6. The van der Waals surface area contributed by atoms with E-state index in [2.05, 4.69) is 16.0 Å². The monoisotopic (exact) mass is 1390 g/mol. The number of carboxylic acid groups (broad SMARTS) is 1. The van der Waals surface area contributed by atoms with Gasteiger partial charge in [-0.15, -0.1) is 23.2 Å². The highest BCUT2D eigenvalue weighted by molar-refractivity contribution is 6.40. The Hall–Kier alpha value is -5.13. The number of nitrogens with two attached hydrogens (primary N) is 1. The average Bonchev–Trinajstić information content (AvgIpc) is 1.84. The van der Waals surface area contributed by atoms with Gasteiger partial charge in [0.15, 0.2) is 17.7 Å². The maximum Gasteiger partial charge on any atom is 0.407 e. The minimum absolute atomic E-state index is 0.0116. The molecule has 4 amide bonds. The molecule has 93 heavy (non-hydrogen) atoms. The molecule has 0 spiro atoms. The molecule has 25 heteroatoms. The molecule has 0 unspecified atom stereocenters. The topological polar surface area (TPSA) is 272 Å². The van der Waals surface area contributed by atoms with Crippen LogP contribution < -0.4 is 21.7 Å². The van der Waals surface area contributed by atoms with Crippen molar-refractivity contribution >= 4 is 105 Å². The van der Waals surface area contributed by atoms with Gasteiger partial charge in [0.05, 0.1) is 23.5 Å². The van der Waals surface area contributed by atoms with Crippen molar-refractivity contribution in [1.29, 1.82) is 0 Å². The molecule has 6 atom stereocenters. The maximum absolute atomic E-state index is 13.0. The van der Waals surface area contributed by atoms with Crippen LogP contribution in [0, 0.1) is 0 Å². The molecule has 6 N–H and O–H groups in total. The normalized spacial score (nSPS) is 20.7. The highest BCUT2D eigenvalue weighted by atomic mass is 35.5. The number of halogens is 5. The number of rotatable bonds is 20. The molecular formula is C68H95Cl5N6O14. The summed E-state index contributed by atoms with van der Waals surface area (Å²) in [4.78, 5) is 101. The summed E-state index contributed by atoms with van der Waals surface area (Å²) in [5.41, 5.74) is 10.4. The molecular weight excluding hydrogens is 1300 g/mol. The van der Waals surface area contributed by atoms with Crippen LogP contribution in [0.2, 0.25) is 15.1 Å². The Morgan fingerprint density at radius 2 is 0.914 bits per heavy atom. The second-order valence-electron chi connectivity index (χ2n) is 25.5. The fraction of sp³-hybridized carbons (Fsp3) is 0.618. The van der Waals surface area contributed by atoms with Crippen molar-refractivity contribution in [3.05, 3.63) is 103 Å². The van der Waals surface area contributed by atoms with Gasteiger partial charge in [0.1, 0.15) is 29.2 Å². The number of aryl methyl sites for hydroxylation is 3. The van der Waals surface area contributed by atoms with E-state index in [0.29, 0.717) is 112 Å². The zero-order valence-corrected chi connectivity index (χ0v) is 58.4. The summed E-state index contributed by atoms with van der Waals surface area (Å²) < 4.78 is 26.4. The van der Waals surface area contributed by atoms with Crippen molar-refractivity contribution in [2.75, 3.05) is 44.8 Å². The summed E-state index contributed by atoms with van der Waals surface area (Å²) >= 11 is 27.9. The molecule has 0 aliphatic carbocycles. The zero-order chi connectivity index (χ0) is 68.3. The summed E-state index contributed by atoms with van der Waals surface area (Å²) in [5.74, 6) is -0.486. The van der Waals surface area contributed by atoms with Gasteiger partial charge in [0.2, 0.25) is 0 Å². The Kier molecular flexibility index (Phi) is 33.6. The predicted molar refractivity (Wildman–Crippen MR) is 360 cm³/mol. The zero-order valence-electron chi connectivity index (χ0n) is 54.6. The molecule has 9 rings (SSSR count). The number of likely N-dealkylation sites (tertiary alicyclic amines) is 2. The van der Waals surface area contributed by atoms with Gasteiger partial charge in [0.25, 0.3) is 11.8 Å². The number of aliphatic carboxylic acids is 1. The van der Waals surface area contributed by atoms with Crippen molar-refractivity contribution in [2.45, 2.75) is 224 Å². The van der Waals surface area contributed by atoms with Gasteiger partial charge in [-0.2, -0.15) is 0 Å². The number of hydrogen-bond donors (Lipinski definition) is 5. The Balaban J connectivity index is 0.000000235. The fourth-order valence-corrected chi connectivity index (χ4v) is 12.2. The Bertz CT molecular complexity index is 2940. The summed E-state index contributed by atoms with van der Waals surface area (Å²) in [5, 5.41) is 19.1. The second kappa shape index (κ2) is 39.8. The maximum atomic E-state index is 13.0. The first-order valence-corrected chi connectivity index (χ1v) is 34.5. The van der Waals surface area contributed by atoms with Crippen molar-refractivity contribution in [1.82, 2.24) is 25.8 Å². The Morgan fingerprint density at radius 3 is 1.25 bits per heavy atom. The third-order valence-electron chi connectivity index (χ3n) is 16.2. The molecule has 6 heterocycles. The Labute approximate surface area is 572 Å². The SMILES string of the molecule is CC(C)(C)OC(=O)NCc1ccc(Cl)cc1CCC(=O)[C@@H]1CCCN1.CC(C)(C)OC(=O)NCc1ccc(Cl)cc1CCC(=O)[C@@H]1CCCN1C(=O)[C@H]1CCCO1.ClCCl.NCc1ccc(Cl)cc1CCC(=O)[C@@H]1CCCN1C(=O)[C@H]1CCCO1.O=C(O)[C@H]1CCCO1. The van der Waals surface area contributed by atoms with Crippen LogP contribution in [0.4, 0.5) is 9.59 Å². The lowest BCUT2D eigenvalue weighted by atomic mass is 9.98. The van der Waals surface area contributed by atoms with E-state index in [-0.39, 0.29) is 65.3 Å². The third kappa shape index (κ3) is 27.5. The van der Waals surface area contributed by atoms with Crippen LogP contribution >= 0.6 is 58.0 Å². The van der Waals surface area contributed by atoms with Crippen molar-refractivity contribution < 1.29 is 67.1 Å². The number of ketones is 3. The minimum Gasteiger partial charge on any atom is -0.479 e. The summed E-state index contributed by atoms with van der Waals surface area (Å²) in [6.07, 6.45) is 10.6. The van der Waals surface area contributed by atoms with Gasteiger partial charge in [-0.3, -0.25) is 24.0 Å². The van der Waals surface area contributed by atoms with E-state index in [1.807, 2.05) is 84.0 Å². The van der Waals surface area contributed by atoms with E-state index in [9.17, 15) is 38.4 Å². The second-order valence-corrected chi connectivity index (χ2v) is 27.6. The minimum atomic E-state index is -0.831. The van der Waals surface area contributed by atoms with Crippen LogP contribution in [0.5, 0.6) is 0 Å².